The second kappa shape index (κ2) is 9.75. The zero-order valence-electron chi connectivity index (χ0n) is 17.9. The van der Waals surface area contributed by atoms with E-state index in [1.807, 2.05) is 66.7 Å². The van der Waals surface area contributed by atoms with Crippen molar-refractivity contribution in [3.8, 4) is 11.1 Å². The predicted molar refractivity (Wildman–Crippen MR) is 125 cm³/mol. The summed E-state index contributed by atoms with van der Waals surface area (Å²) in [5.41, 5.74) is 4.47. The Hall–Kier alpha value is -3.19. The van der Waals surface area contributed by atoms with Crippen LogP contribution >= 0.6 is 11.6 Å². The fraction of sp³-hybridized carbons (Fsp3) is 0.231. The van der Waals surface area contributed by atoms with Crippen molar-refractivity contribution in [3.63, 3.8) is 0 Å². The van der Waals surface area contributed by atoms with E-state index in [-0.39, 0.29) is 12.8 Å². The highest BCUT2D eigenvalue weighted by Gasteiger charge is 2.39. The lowest BCUT2D eigenvalue weighted by Crippen LogP contribution is -2.47. The maximum atomic E-state index is 13.2. The van der Waals surface area contributed by atoms with Crippen molar-refractivity contribution in [1.82, 2.24) is 10.8 Å². The predicted octanol–water partition coefficient (Wildman–Crippen LogP) is 3.97. The van der Waals surface area contributed by atoms with Gasteiger partial charge in [-0.3, -0.25) is 14.8 Å². The summed E-state index contributed by atoms with van der Waals surface area (Å²) in [6.45, 7) is 0. The molecule has 4 N–H and O–H groups in total. The van der Waals surface area contributed by atoms with E-state index in [2.05, 4.69) is 5.32 Å². The molecule has 0 bridgehead atoms. The van der Waals surface area contributed by atoms with Crippen molar-refractivity contribution in [2.24, 2.45) is 5.92 Å². The molecule has 2 atom stereocenters. The Kier molecular flexibility index (Phi) is 6.79. The summed E-state index contributed by atoms with van der Waals surface area (Å²) >= 11 is 6.28. The van der Waals surface area contributed by atoms with E-state index in [0.29, 0.717) is 23.4 Å². The molecule has 33 heavy (non-hydrogen) atoms. The molecule has 1 aliphatic rings. The number of amides is 2. The smallest absolute Gasteiger partial charge is 0.244 e. The van der Waals surface area contributed by atoms with Crippen molar-refractivity contribution in [1.29, 1.82) is 0 Å². The summed E-state index contributed by atoms with van der Waals surface area (Å²) in [5.74, 6) is -1.89. The van der Waals surface area contributed by atoms with Crippen LogP contribution in [-0.4, -0.2) is 22.1 Å². The molecule has 0 heterocycles. The van der Waals surface area contributed by atoms with Gasteiger partial charge in [-0.05, 0) is 35.6 Å². The van der Waals surface area contributed by atoms with Crippen LogP contribution in [-0.2, 0) is 28.2 Å². The lowest BCUT2D eigenvalue weighted by atomic mass is 9.92. The van der Waals surface area contributed by atoms with E-state index in [1.54, 1.807) is 11.5 Å². The normalized spacial score (nSPS) is 17.8. The molecule has 6 nitrogen and oxygen atoms in total. The number of nitrogens with one attached hydrogen (secondary N) is 2. The van der Waals surface area contributed by atoms with Crippen molar-refractivity contribution in [3.05, 3.63) is 94.5 Å². The summed E-state index contributed by atoms with van der Waals surface area (Å²) < 4.78 is 0. The number of fused-ring (bicyclic) bond motifs is 1. The first-order chi connectivity index (χ1) is 15.9. The second-order valence-corrected chi connectivity index (χ2v) is 8.73. The van der Waals surface area contributed by atoms with Gasteiger partial charge in [0.25, 0.3) is 0 Å². The molecule has 2 amide bonds. The topological polar surface area (TPSA) is 98.7 Å². The van der Waals surface area contributed by atoms with Crippen molar-refractivity contribution >= 4 is 23.4 Å². The Balaban J connectivity index is 1.52. The molecule has 170 valence electrons. The van der Waals surface area contributed by atoms with Crippen LogP contribution in [0.15, 0.2) is 72.8 Å². The molecule has 0 aromatic heterocycles. The first-order valence-electron chi connectivity index (χ1n) is 10.8. The van der Waals surface area contributed by atoms with E-state index in [1.165, 1.54) is 0 Å². The fourth-order valence-corrected chi connectivity index (χ4v) is 4.60. The maximum Gasteiger partial charge on any atom is 0.244 e. The van der Waals surface area contributed by atoms with Gasteiger partial charge in [0.2, 0.25) is 11.8 Å². The average molecular weight is 465 g/mol. The van der Waals surface area contributed by atoms with Crippen molar-refractivity contribution in [2.75, 3.05) is 0 Å². The Morgan fingerprint density at radius 3 is 2.42 bits per heavy atom. The van der Waals surface area contributed by atoms with Gasteiger partial charge < -0.3 is 10.4 Å². The van der Waals surface area contributed by atoms with Gasteiger partial charge in [-0.25, -0.2) is 5.48 Å². The number of carbonyl (C=O) groups is 2. The molecule has 7 heteroatoms. The van der Waals surface area contributed by atoms with Gasteiger partial charge in [0, 0.05) is 29.0 Å². The van der Waals surface area contributed by atoms with Gasteiger partial charge >= 0.3 is 0 Å². The van der Waals surface area contributed by atoms with Gasteiger partial charge in [-0.1, -0.05) is 78.3 Å². The first kappa shape index (κ1) is 23.0. The first-order valence-corrected chi connectivity index (χ1v) is 11.2. The monoisotopic (exact) mass is 464 g/mol. The molecule has 1 aliphatic carbocycles. The van der Waals surface area contributed by atoms with Crippen LogP contribution in [0.4, 0.5) is 0 Å². The minimum Gasteiger partial charge on any atom is -0.367 e. The van der Waals surface area contributed by atoms with Crippen molar-refractivity contribution in [2.45, 2.75) is 31.4 Å². The number of hydrogen-bond acceptors (Lipinski definition) is 4. The fourth-order valence-electron chi connectivity index (χ4n) is 4.35. The van der Waals surface area contributed by atoms with Crippen LogP contribution in [0.5, 0.6) is 0 Å². The highest BCUT2D eigenvalue weighted by atomic mass is 35.5. The lowest BCUT2D eigenvalue weighted by Gasteiger charge is -2.28. The molecule has 0 radical (unpaired) electrons. The average Bonchev–Trinajstić information content (AvgIpc) is 3.16. The quantitative estimate of drug-likeness (QED) is 0.241. The zero-order valence-corrected chi connectivity index (χ0v) is 18.7. The van der Waals surface area contributed by atoms with Crippen LogP contribution in [0.1, 0.15) is 29.5 Å². The molecular weight excluding hydrogens is 440 g/mol. The van der Waals surface area contributed by atoms with Gasteiger partial charge in [-0.15, -0.1) is 0 Å². The molecule has 0 saturated carbocycles. The van der Waals surface area contributed by atoms with E-state index in [0.717, 1.165) is 22.3 Å². The second-order valence-electron chi connectivity index (χ2n) is 8.32. The lowest BCUT2D eigenvalue weighted by molar-refractivity contribution is -0.139. The minimum atomic E-state index is -1.48. The van der Waals surface area contributed by atoms with E-state index in [4.69, 9.17) is 16.8 Å². The third-order valence-corrected chi connectivity index (χ3v) is 6.43. The van der Waals surface area contributed by atoms with Crippen LogP contribution in [0.2, 0.25) is 5.02 Å². The third-order valence-electron chi connectivity index (χ3n) is 6.10. The maximum absolute atomic E-state index is 13.2. The van der Waals surface area contributed by atoms with Crippen molar-refractivity contribution < 1.29 is 19.9 Å². The summed E-state index contributed by atoms with van der Waals surface area (Å²) in [5, 5.41) is 23.5. The summed E-state index contributed by atoms with van der Waals surface area (Å²) in [4.78, 5) is 25.0. The third kappa shape index (κ3) is 5.09. The van der Waals surface area contributed by atoms with Crippen LogP contribution in [0.25, 0.3) is 11.1 Å². The molecule has 0 spiro atoms. The standard InChI is InChI=1S/C26H25ClN2O4/c27-23-8-4-2-6-21(23)18-11-9-17(10-12-18)15-20(16-24(30)29-33)25(31)28-26(32)14-13-19-5-1-3-7-22(19)26/h1-12,20,32-33H,13-16H2,(H,28,31)(H,29,30)/t20-,26+/m1/s1. The van der Waals surface area contributed by atoms with Crippen LogP contribution in [0, 0.1) is 5.92 Å². The number of aliphatic hydroxyl groups is 1. The Morgan fingerprint density at radius 2 is 1.70 bits per heavy atom. The number of benzene rings is 3. The molecule has 0 unspecified atom stereocenters. The number of halogens is 1. The molecule has 0 fully saturated rings. The Morgan fingerprint density at radius 1 is 1.00 bits per heavy atom. The van der Waals surface area contributed by atoms with E-state index in [9.17, 15) is 14.7 Å². The molecule has 3 aromatic rings. The highest BCUT2D eigenvalue weighted by molar-refractivity contribution is 6.33. The number of carbonyl (C=O) groups excluding carboxylic acids is 2. The van der Waals surface area contributed by atoms with E-state index >= 15 is 0 Å². The molecule has 4 rings (SSSR count). The Labute approximate surface area is 197 Å². The van der Waals surface area contributed by atoms with E-state index < -0.39 is 23.5 Å². The summed E-state index contributed by atoms with van der Waals surface area (Å²) in [7, 11) is 0. The SMILES string of the molecule is O=C(C[C@@H](Cc1ccc(-c2ccccc2Cl)cc1)C(=O)N[C@]1(O)CCc2ccccc21)NO. The molecule has 0 aliphatic heterocycles. The number of hydroxylamine groups is 1. The van der Waals surface area contributed by atoms with Gasteiger partial charge in [0.1, 0.15) is 0 Å². The van der Waals surface area contributed by atoms with Crippen LogP contribution in [0.3, 0.4) is 0 Å². The van der Waals surface area contributed by atoms with Gasteiger partial charge in [0.05, 0.1) is 5.92 Å². The molecule has 3 aromatic carbocycles. The number of aryl methyl sites for hydroxylation is 1. The summed E-state index contributed by atoms with van der Waals surface area (Å²) in [6, 6.07) is 22.6. The molecule has 0 saturated heterocycles. The highest BCUT2D eigenvalue weighted by Crippen LogP contribution is 2.35. The zero-order chi connectivity index (χ0) is 23.4. The summed E-state index contributed by atoms with van der Waals surface area (Å²) in [6.07, 6.45) is 1.06. The number of rotatable bonds is 7. The Bertz CT molecular complexity index is 1160. The minimum absolute atomic E-state index is 0.216. The van der Waals surface area contributed by atoms with Crippen LogP contribution < -0.4 is 10.8 Å². The molecular formula is C26H25ClN2O4. The van der Waals surface area contributed by atoms with Gasteiger partial charge in [-0.2, -0.15) is 0 Å². The van der Waals surface area contributed by atoms with Gasteiger partial charge in [0.15, 0.2) is 5.72 Å². The largest absolute Gasteiger partial charge is 0.367 e. The number of hydrogen-bond donors (Lipinski definition) is 4.